The number of thioether (sulfide) groups is 1. The van der Waals surface area contributed by atoms with Crippen LogP contribution in [0.1, 0.15) is 28.0 Å². The highest BCUT2D eigenvalue weighted by molar-refractivity contribution is 7.99. The average molecular weight is 400 g/mol. The van der Waals surface area contributed by atoms with Gasteiger partial charge in [-0.05, 0) is 37.1 Å². The second kappa shape index (κ2) is 9.53. The van der Waals surface area contributed by atoms with Gasteiger partial charge in [0, 0.05) is 17.0 Å². The van der Waals surface area contributed by atoms with Crippen molar-refractivity contribution >= 4 is 34.1 Å². The first-order valence-corrected chi connectivity index (χ1v) is 10.5. The number of methoxy groups -OCH3 is 1. The molecule has 0 fully saturated rings. The van der Waals surface area contributed by atoms with Gasteiger partial charge >= 0.3 is 0 Å². The number of rotatable bonds is 8. The molecule has 0 unspecified atom stereocenters. The van der Waals surface area contributed by atoms with E-state index >= 15 is 0 Å². The molecule has 0 spiro atoms. The second-order valence-corrected chi connectivity index (χ2v) is 7.90. The number of pyridine rings is 1. The largest absolute Gasteiger partial charge is 0.481 e. The van der Waals surface area contributed by atoms with Gasteiger partial charge in [-0.3, -0.25) is 10.1 Å². The first-order valence-electron chi connectivity index (χ1n) is 8.60. The molecule has 2 aromatic heterocycles. The summed E-state index contributed by atoms with van der Waals surface area (Å²) in [5, 5.41) is 6.09. The zero-order chi connectivity index (χ0) is 19.1. The highest BCUT2D eigenvalue weighted by Gasteiger charge is 2.12. The molecule has 2 heterocycles. The van der Waals surface area contributed by atoms with E-state index in [1.54, 1.807) is 31.0 Å². The third-order valence-corrected chi connectivity index (χ3v) is 5.66. The molecule has 0 aliphatic heterocycles. The van der Waals surface area contributed by atoms with E-state index in [4.69, 9.17) is 4.74 Å². The van der Waals surface area contributed by atoms with Crippen LogP contribution < -0.4 is 10.1 Å². The number of amides is 1. The summed E-state index contributed by atoms with van der Waals surface area (Å²) in [6.45, 7) is 1.89. The zero-order valence-corrected chi connectivity index (χ0v) is 16.9. The number of nitrogens with zero attached hydrogens (tertiary/aromatic N) is 2. The number of carbonyl (C=O) groups is 1. The molecule has 140 valence electrons. The Hall–Kier alpha value is -2.38. The number of hydrogen-bond acceptors (Lipinski definition) is 6. The molecule has 0 aliphatic carbocycles. The Labute approximate surface area is 167 Å². The predicted molar refractivity (Wildman–Crippen MR) is 111 cm³/mol. The summed E-state index contributed by atoms with van der Waals surface area (Å²) in [6, 6.07) is 13.9. The van der Waals surface area contributed by atoms with Crippen molar-refractivity contribution in [3.8, 4) is 5.88 Å². The van der Waals surface area contributed by atoms with Gasteiger partial charge in [-0.1, -0.05) is 30.3 Å². The fourth-order valence-electron chi connectivity index (χ4n) is 2.47. The van der Waals surface area contributed by atoms with Gasteiger partial charge in [-0.25, -0.2) is 9.97 Å². The van der Waals surface area contributed by atoms with Crippen LogP contribution in [0.4, 0.5) is 5.13 Å². The Morgan fingerprint density at radius 3 is 2.74 bits per heavy atom. The van der Waals surface area contributed by atoms with E-state index in [0.29, 0.717) is 16.6 Å². The smallest absolute Gasteiger partial charge is 0.257 e. The molecular weight excluding hydrogens is 378 g/mol. The van der Waals surface area contributed by atoms with Crippen LogP contribution in [-0.2, 0) is 6.42 Å². The van der Waals surface area contributed by atoms with Gasteiger partial charge in [0.2, 0.25) is 5.88 Å². The van der Waals surface area contributed by atoms with Crippen molar-refractivity contribution in [2.24, 2.45) is 0 Å². The number of hydrogen-bond donors (Lipinski definition) is 1. The third-order valence-electron chi connectivity index (χ3n) is 3.79. The number of ether oxygens (including phenoxy) is 1. The van der Waals surface area contributed by atoms with Gasteiger partial charge in [-0.15, -0.1) is 23.1 Å². The molecule has 27 heavy (non-hydrogen) atoms. The normalized spacial score (nSPS) is 10.6. The molecule has 0 saturated heterocycles. The molecule has 1 aromatic carbocycles. The zero-order valence-electron chi connectivity index (χ0n) is 15.3. The van der Waals surface area contributed by atoms with Crippen LogP contribution >= 0.6 is 23.1 Å². The Bertz CT molecular complexity index is 897. The van der Waals surface area contributed by atoms with E-state index in [0.717, 1.165) is 29.3 Å². The van der Waals surface area contributed by atoms with Crippen LogP contribution in [-0.4, -0.2) is 28.7 Å². The van der Waals surface area contributed by atoms with Crippen LogP contribution in [0.3, 0.4) is 0 Å². The molecule has 0 bridgehead atoms. The first kappa shape index (κ1) is 19.4. The van der Waals surface area contributed by atoms with Gasteiger partial charge in [0.25, 0.3) is 5.91 Å². The minimum atomic E-state index is -0.212. The maximum Gasteiger partial charge on any atom is 0.257 e. The van der Waals surface area contributed by atoms with Crippen molar-refractivity contribution < 1.29 is 9.53 Å². The lowest BCUT2D eigenvalue weighted by atomic mass is 10.1. The Morgan fingerprint density at radius 1 is 1.22 bits per heavy atom. The standard InChI is InChI=1S/C20H21N3O2S2/c1-14-13-27-20(21-14)23-19(24)16-11-17(25-2)22-18(12-16)26-10-6-9-15-7-4-3-5-8-15/h3-5,7-8,11-13H,6,9-10H2,1-2H3,(H,21,23,24). The van der Waals surface area contributed by atoms with E-state index in [9.17, 15) is 4.79 Å². The number of nitrogens with one attached hydrogen (secondary N) is 1. The summed E-state index contributed by atoms with van der Waals surface area (Å²) >= 11 is 3.03. The van der Waals surface area contributed by atoms with Crippen LogP contribution in [0.25, 0.3) is 0 Å². The summed E-state index contributed by atoms with van der Waals surface area (Å²) < 4.78 is 5.26. The molecule has 3 rings (SSSR count). The van der Waals surface area contributed by atoms with E-state index in [1.165, 1.54) is 16.9 Å². The van der Waals surface area contributed by atoms with Gasteiger partial charge in [-0.2, -0.15) is 0 Å². The number of aromatic nitrogens is 2. The van der Waals surface area contributed by atoms with Crippen LogP contribution in [0, 0.1) is 6.92 Å². The topological polar surface area (TPSA) is 64.1 Å². The molecule has 1 N–H and O–H groups in total. The third kappa shape index (κ3) is 5.80. The maximum absolute atomic E-state index is 12.5. The summed E-state index contributed by atoms with van der Waals surface area (Å²) in [5.74, 6) is 1.14. The second-order valence-electron chi connectivity index (χ2n) is 5.92. The number of thiazole rings is 1. The Morgan fingerprint density at radius 2 is 2.04 bits per heavy atom. The minimum Gasteiger partial charge on any atom is -0.481 e. The molecule has 1 amide bonds. The number of anilines is 1. The Balaban J connectivity index is 1.61. The van der Waals surface area contributed by atoms with Crippen molar-refractivity contribution in [1.82, 2.24) is 9.97 Å². The van der Waals surface area contributed by atoms with E-state index < -0.39 is 0 Å². The van der Waals surface area contributed by atoms with Crippen LogP contribution in [0.5, 0.6) is 5.88 Å². The lowest BCUT2D eigenvalue weighted by Crippen LogP contribution is -2.12. The lowest BCUT2D eigenvalue weighted by molar-refractivity contribution is 0.102. The fraction of sp³-hybridized carbons (Fsp3) is 0.250. The molecule has 3 aromatic rings. The van der Waals surface area contributed by atoms with Crippen molar-refractivity contribution in [1.29, 1.82) is 0 Å². The van der Waals surface area contributed by atoms with Crippen molar-refractivity contribution in [3.05, 3.63) is 64.7 Å². The van der Waals surface area contributed by atoms with Crippen molar-refractivity contribution in [2.75, 3.05) is 18.2 Å². The number of aryl methyl sites for hydroxylation is 2. The van der Waals surface area contributed by atoms with E-state index in [1.807, 2.05) is 18.4 Å². The SMILES string of the molecule is COc1cc(C(=O)Nc2nc(C)cs2)cc(SCCCc2ccccc2)n1. The highest BCUT2D eigenvalue weighted by Crippen LogP contribution is 2.24. The maximum atomic E-state index is 12.5. The van der Waals surface area contributed by atoms with Gasteiger partial charge in [0.15, 0.2) is 5.13 Å². The van der Waals surface area contributed by atoms with Gasteiger partial charge in [0.05, 0.1) is 12.8 Å². The van der Waals surface area contributed by atoms with Gasteiger partial charge in [0.1, 0.15) is 5.03 Å². The van der Waals surface area contributed by atoms with E-state index in [-0.39, 0.29) is 5.91 Å². The number of carbonyl (C=O) groups excluding carboxylic acids is 1. The van der Waals surface area contributed by atoms with Crippen LogP contribution in [0.15, 0.2) is 52.9 Å². The molecule has 7 heteroatoms. The van der Waals surface area contributed by atoms with E-state index in [2.05, 4.69) is 39.6 Å². The summed E-state index contributed by atoms with van der Waals surface area (Å²) in [5.41, 5.74) is 2.73. The van der Waals surface area contributed by atoms with Gasteiger partial charge < -0.3 is 4.74 Å². The quantitative estimate of drug-likeness (QED) is 0.434. The summed E-state index contributed by atoms with van der Waals surface area (Å²) in [4.78, 5) is 21.2. The summed E-state index contributed by atoms with van der Waals surface area (Å²) in [7, 11) is 1.55. The molecule has 0 saturated carbocycles. The average Bonchev–Trinajstić information content (AvgIpc) is 3.10. The van der Waals surface area contributed by atoms with Crippen LogP contribution in [0.2, 0.25) is 0 Å². The molecule has 0 atom stereocenters. The first-order chi connectivity index (χ1) is 13.1. The molecule has 5 nitrogen and oxygen atoms in total. The highest BCUT2D eigenvalue weighted by atomic mass is 32.2. The summed E-state index contributed by atoms with van der Waals surface area (Å²) in [6.07, 6.45) is 2.06. The van der Waals surface area contributed by atoms with Crippen molar-refractivity contribution in [3.63, 3.8) is 0 Å². The molecule has 0 radical (unpaired) electrons. The fourth-order valence-corrected chi connectivity index (χ4v) is 4.01. The molecule has 0 aliphatic rings. The monoisotopic (exact) mass is 399 g/mol. The number of benzene rings is 1. The minimum absolute atomic E-state index is 0.212. The van der Waals surface area contributed by atoms with Crippen molar-refractivity contribution in [2.45, 2.75) is 24.8 Å². The predicted octanol–water partition coefficient (Wildman–Crippen LogP) is 4.83. The molecular formula is C20H21N3O2S2. The Kier molecular flexibility index (Phi) is 6.84. The lowest BCUT2D eigenvalue weighted by Gasteiger charge is -2.08.